The van der Waals surface area contributed by atoms with Crippen LogP contribution in [0.5, 0.6) is 5.75 Å². The molecule has 6 aromatic rings. The van der Waals surface area contributed by atoms with Crippen LogP contribution in [0, 0.1) is 5.41 Å². The number of anilines is 3. The molecule has 59 heavy (non-hydrogen) atoms. The van der Waals surface area contributed by atoms with Crippen molar-refractivity contribution in [3.8, 4) is 5.75 Å². The van der Waals surface area contributed by atoms with E-state index in [4.69, 9.17) is 19.5 Å². The first-order valence-electron chi connectivity index (χ1n) is 19.0. The summed E-state index contributed by atoms with van der Waals surface area (Å²) >= 11 is 0. The van der Waals surface area contributed by atoms with E-state index in [0.717, 1.165) is 29.8 Å². The van der Waals surface area contributed by atoms with Gasteiger partial charge in [-0.25, -0.2) is 9.68 Å². The molecule has 0 spiro atoms. The van der Waals surface area contributed by atoms with Crippen molar-refractivity contribution in [1.82, 2.24) is 0 Å². The fourth-order valence-electron chi connectivity index (χ4n) is 5.68. The Kier molecular flexibility index (Phi) is 20.3. The van der Waals surface area contributed by atoms with E-state index in [1.54, 1.807) is 43.5 Å². The lowest BCUT2D eigenvalue weighted by atomic mass is 9.96. The summed E-state index contributed by atoms with van der Waals surface area (Å²) in [5.41, 5.74) is 7.26. The number of carbonyl (C=O) groups is 3. The smallest absolute Gasteiger partial charge is 0.336 e. The lowest BCUT2D eigenvalue weighted by Crippen LogP contribution is -2.26. The predicted molar refractivity (Wildman–Crippen MR) is 235 cm³/mol. The van der Waals surface area contributed by atoms with Gasteiger partial charge in [0.05, 0.1) is 24.3 Å². The van der Waals surface area contributed by atoms with Crippen LogP contribution in [0.25, 0.3) is 0 Å². The van der Waals surface area contributed by atoms with E-state index in [-0.39, 0.29) is 23.1 Å². The molecule has 0 aliphatic heterocycles. The van der Waals surface area contributed by atoms with Gasteiger partial charge in [0, 0.05) is 35.2 Å². The average molecular weight is 799 g/mol. The molecule has 1 amide bonds. The third-order valence-corrected chi connectivity index (χ3v) is 8.63. The van der Waals surface area contributed by atoms with Crippen molar-refractivity contribution in [2.24, 2.45) is 5.41 Å². The predicted octanol–water partition coefficient (Wildman–Crippen LogP) is 10.8. The lowest BCUT2D eigenvalue weighted by molar-refractivity contribution is -0.252. The van der Waals surface area contributed by atoms with Crippen molar-refractivity contribution in [3.05, 3.63) is 191 Å². The summed E-state index contributed by atoms with van der Waals surface area (Å²) in [6.45, 7) is 9.49. The van der Waals surface area contributed by atoms with Crippen LogP contribution in [0.15, 0.2) is 158 Å². The van der Waals surface area contributed by atoms with E-state index >= 15 is 0 Å². The molecule has 0 aliphatic carbocycles. The van der Waals surface area contributed by atoms with E-state index in [1.807, 2.05) is 81.3 Å². The molecule has 0 aromatic heterocycles. The molecule has 0 aliphatic rings. The molecule has 0 bridgehead atoms. The number of carbonyl (C=O) groups excluding carboxylic acids is 2. The number of hydrogen-bond acceptors (Lipinski definition) is 8. The van der Waals surface area contributed by atoms with Crippen molar-refractivity contribution in [2.45, 2.75) is 40.2 Å². The highest BCUT2D eigenvalue weighted by molar-refractivity contribution is 6.10. The second-order valence-corrected chi connectivity index (χ2v) is 14.0. The van der Waals surface area contributed by atoms with E-state index in [0.29, 0.717) is 24.7 Å². The number of rotatable bonds is 15. The van der Waals surface area contributed by atoms with Gasteiger partial charge >= 0.3 is 5.97 Å². The maximum Gasteiger partial charge on any atom is 0.336 e. The number of ether oxygens (including phenoxy) is 2. The monoisotopic (exact) mass is 798 g/mol. The molecular weight excluding hydrogens is 745 g/mol. The van der Waals surface area contributed by atoms with Crippen LogP contribution in [0.4, 0.5) is 17.1 Å². The Hall–Kier alpha value is -6.59. The van der Waals surface area contributed by atoms with Gasteiger partial charge < -0.3 is 30.0 Å². The highest BCUT2D eigenvalue weighted by Crippen LogP contribution is 2.25. The minimum Gasteiger partial charge on any atom is -0.493 e. The fraction of sp³-hybridized carbons (Fsp3) is 0.204. The van der Waals surface area contributed by atoms with Crippen LogP contribution in [0.3, 0.4) is 0 Å². The Morgan fingerprint density at radius 1 is 0.661 bits per heavy atom. The molecule has 0 heterocycles. The summed E-state index contributed by atoms with van der Waals surface area (Å²) < 4.78 is 10.9. The van der Waals surface area contributed by atoms with Gasteiger partial charge in [0.1, 0.15) is 19.1 Å². The summed E-state index contributed by atoms with van der Waals surface area (Å²) in [7, 11) is 1.65. The number of carboxylic acid groups (broad SMARTS) is 1. The number of para-hydroxylation sites is 1. The van der Waals surface area contributed by atoms with Crippen LogP contribution in [-0.4, -0.2) is 49.4 Å². The average Bonchev–Trinajstić information content (AvgIpc) is 3.26. The van der Waals surface area contributed by atoms with E-state index < -0.39 is 11.9 Å². The Bertz CT molecular complexity index is 2110. The number of aryl methyl sites for hydroxylation is 1. The van der Waals surface area contributed by atoms with Crippen LogP contribution in [0.2, 0.25) is 0 Å². The SMILES string of the molecule is C=O.CCc1ccccc1.COCC(C)(C)COc1ccc(NC(=O)c2ccccc2C(=O)O)cc1.OOCc1ccc(Cc2ccccc2)cc1Nc1ccccc1. The van der Waals surface area contributed by atoms with Crippen molar-refractivity contribution in [1.29, 1.82) is 0 Å². The van der Waals surface area contributed by atoms with Gasteiger partial charge in [-0.15, -0.1) is 0 Å². The summed E-state index contributed by atoms with van der Waals surface area (Å²) in [6.07, 6.45) is 2.01. The number of benzene rings is 6. The largest absolute Gasteiger partial charge is 0.493 e. The molecule has 4 N–H and O–H groups in total. The molecule has 10 heteroatoms. The summed E-state index contributed by atoms with van der Waals surface area (Å²) in [5, 5.41) is 24.0. The Labute approximate surface area is 347 Å². The normalized spacial score (nSPS) is 10.3. The van der Waals surface area contributed by atoms with Gasteiger partial charge in [-0.05, 0) is 84.1 Å². The lowest BCUT2D eigenvalue weighted by Gasteiger charge is -2.23. The zero-order valence-corrected chi connectivity index (χ0v) is 34.1. The number of nitrogens with one attached hydrogen (secondary N) is 2. The van der Waals surface area contributed by atoms with Crippen molar-refractivity contribution in [2.75, 3.05) is 31.0 Å². The fourth-order valence-corrected chi connectivity index (χ4v) is 5.68. The zero-order chi connectivity index (χ0) is 42.9. The van der Waals surface area contributed by atoms with Crippen molar-refractivity contribution in [3.63, 3.8) is 0 Å². The Balaban J connectivity index is 0.000000257. The second-order valence-electron chi connectivity index (χ2n) is 14.0. The first kappa shape index (κ1) is 46.8. The molecule has 0 unspecified atom stereocenters. The summed E-state index contributed by atoms with van der Waals surface area (Å²) in [5.74, 6) is -0.936. The molecule has 308 valence electrons. The third-order valence-electron chi connectivity index (χ3n) is 8.63. The number of hydrogen-bond donors (Lipinski definition) is 4. The molecule has 0 radical (unpaired) electrons. The van der Waals surface area contributed by atoms with E-state index in [2.05, 4.69) is 71.0 Å². The first-order valence-corrected chi connectivity index (χ1v) is 19.0. The zero-order valence-electron chi connectivity index (χ0n) is 34.1. The quantitative estimate of drug-likeness (QED) is 0.0589. The molecule has 0 atom stereocenters. The van der Waals surface area contributed by atoms with E-state index in [9.17, 15) is 14.7 Å². The molecule has 6 rings (SSSR count). The van der Waals surface area contributed by atoms with Gasteiger partial charge in [-0.2, -0.15) is 0 Å². The van der Waals surface area contributed by atoms with Crippen molar-refractivity contribution < 1.29 is 39.1 Å². The van der Waals surface area contributed by atoms with Crippen LogP contribution >= 0.6 is 0 Å². The molecule has 0 fully saturated rings. The Morgan fingerprint density at radius 3 is 1.76 bits per heavy atom. The maximum absolute atomic E-state index is 12.3. The third kappa shape index (κ3) is 16.8. The molecule has 10 nitrogen and oxygen atoms in total. The summed E-state index contributed by atoms with van der Waals surface area (Å²) in [6, 6.07) is 49.9. The number of methoxy groups -OCH3 is 1. The number of carboxylic acids is 1. The first-order chi connectivity index (χ1) is 28.6. The number of amides is 1. The molecule has 0 saturated heterocycles. The molecule has 0 saturated carbocycles. The van der Waals surface area contributed by atoms with Gasteiger partial charge in [-0.3, -0.25) is 10.1 Å². The van der Waals surface area contributed by atoms with Gasteiger partial charge in [0.25, 0.3) is 5.91 Å². The van der Waals surface area contributed by atoms with Crippen LogP contribution < -0.4 is 15.4 Å². The minimum absolute atomic E-state index is 0.0367. The van der Waals surface area contributed by atoms with Gasteiger partial charge in [0.15, 0.2) is 0 Å². The van der Waals surface area contributed by atoms with Crippen molar-refractivity contribution >= 4 is 35.7 Å². The van der Waals surface area contributed by atoms with Crippen LogP contribution in [0.1, 0.15) is 63.7 Å². The minimum atomic E-state index is -1.14. The number of aromatic carboxylic acids is 1. The maximum atomic E-state index is 12.3. The van der Waals surface area contributed by atoms with E-state index in [1.165, 1.54) is 28.8 Å². The molecule has 6 aromatic carbocycles. The van der Waals surface area contributed by atoms with Crippen LogP contribution in [-0.2, 0) is 33.9 Å². The van der Waals surface area contributed by atoms with Gasteiger partial charge in [-0.1, -0.05) is 124 Å². The topological polar surface area (TPSA) is 143 Å². The Morgan fingerprint density at radius 2 is 1.22 bits per heavy atom. The molecular formula is C49H54N2O8. The standard InChI is InChI=1S/C20H23NO5.C20H19NO2.C8H10.CH2O/c1-20(2,12-25-3)13-26-15-10-8-14(9-11-15)21-18(22)16-6-4-5-7-17(16)19(23)24;22-23-15-18-12-11-17(13-16-7-3-1-4-8-16)14-20(18)21-19-9-5-2-6-10-19;1-2-8-6-4-3-5-7-8;1-2/h4-11H,12-13H2,1-3H3,(H,21,22)(H,23,24);1-12,14,21-22H,13,15H2;3-7H,2H2,1H3;1H2. The van der Waals surface area contributed by atoms with Gasteiger partial charge in [0.2, 0.25) is 0 Å². The highest BCUT2D eigenvalue weighted by atomic mass is 17.1. The highest BCUT2D eigenvalue weighted by Gasteiger charge is 2.19. The second kappa shape index (κ2) is 25.6. The summed E-state index contributed by atoms with van der Waals surface area (Å²) in [4.78, 5) is 35.9.